The van der Waals surface area contributed by atoms with Crippen molar-refractivity contribution in [3.8, 4) is 0 Å². The Hall–Kier alpha value is -1.78. The molecule has 1 aromatic rings. The highest BCUT2D eigenvalue weighted by atomic mass is 19.1. The van der Waals surface area contributed by atoms with Gasteiger partial charge in [-0.1, -0.05) is 13.0 Å². The topological polar surface area (TPSA) is 54.4 Å². The van der Waals surface area contributed by atoms with Crippen molar-refractivity contribution in [1.82, 2.24) is 0 Å². The molecule has 1 N–H and O–H groups in total. The van der Waals surface area contributed by atoms with Gasteiger partial charge in [0.25, 0.3) is 5.78 Å². The lowest BCUT2D eigenvalue weighted by Gasteiger charge is -2.04. The molecule has 0 aliphatic carbocycles. The number of Topliss-reactive ketones (excluding diaryl/α,β-unsaturated/α-hetero) is 1. The minimum absolute atomic E-state index is 0.112. The zero-order valence-electron chi connectivity index (χ0n) is 7.88. The van der Waals surface area contributed by atoms with Gasteiger partial charge < -0.3 is 5.11 Å². The number of carboxylic acid groups (broad SMARTS) is 1. The van der Waals surface area contributed by atoms with Gasteiger partial charge >= 0.3 is 5.97 Å². The van der Waals surface area contributed by atoms with E-state index in [-0.39, 0.29) is 12.0 Å². The average molecular weight is 214 g/mol. The fraction of sp³-hybridized carbons (Fsp3) is 0.200. The number of aryl methyl sites for hydroxylation is 1. The first-order valence-corrected chi connectivity index (χ1v) is 4.23. The molecule has 1 aromatic carbocycles. The number of halogens is 2. The lowest BCUT2D eigenvalue weighted by Crippen LogP contribution is -2.17. The van der Waals surface area contributed by atoms with Gasteiger partial charge in [-0.3, -0.25) is 4.79 Å². The molecule has 0 saturated heterocycles. The van der Waals surface area contributed by atoms with E-state index in [4.69, 9.17) is 5.11 Å². The first kappa shape index (κ1) is 11.3. The highest BCUT2D eigenvalue weighted by Crippen LogP contribution is 2.18. The third-order valence-electron chi connectivity index (χ3n) is 1.97. The van der Waals surface area contributed by atoms with Crippen LogP contribution in [0.2, 0.25) is 0 Å². The summed E-state index contributed by atoms with van der Waals surface area (Å²) in [6.45, 7) is 1.62. The molecule has 0 radical (unpaired) electrons. The number of hydrogen-bond acceptors (Lipinski definition) is 2. The highest BCUT2D eigenvalue weighted by molar-refractivity contribution is 6.40. The molecule has 0 aliphatic rings. The van der Waals surface area contributed by atoms with Gasteiger partial charge in [-0.15, -0.1) is 0 Å². The van der Waals surface area contributed by atoms with Crippen molar-refractivity contribution in [1.29, 1.82) is 0 Å². The van der Waals surface area contributed by atoms with Crippen molar-refractivity contribution < 1.29 is 23.5 Å². The van der Waals surface area contributed by atoms with Crippen LogP contribution in [0.1, 0.15) is 22.8 Å². The molecule has 0 saturated carbocycles. The van der Waals surface area contributed by atoms with Crippen LogP contribution >= 0.6 is 0 Å². The second-order valence-corrected chi connectivity index (χ2v) is 2.88. The van der Waals surface area contributed by atoms with Crippen LogP contribution < -0.4 is 0 Å². The number of carbonyl (C=O) groups is 2. The fourth-order valence-electron chi connectivity index (χ4n) is 1.18. The van der Waals surface area contributed by atoms with Crippen LogP contribution in [0.5, 0.6) is 0 Å². The van der Waals surface area contributed by atoms with E-state index in [0.29, 0.717) is 0 Å². The molecule has 0 spiro atoms. The van der Waals surface area contributed by atoms with E-state index in [1.165, 1.54) is 6.07 Å². The van der Waals surface area contributed by atoms with Crippen molar-refractivity contribution in [2.45, 2.75) is 13.3 Å². The van der Waals surface area contributed by atoms with Crippen LogP contribution in [0.3, 0.4) is 0 Å². The van der Waals surface area contributed by atoms with E-state index >= 15 is 0 Å². The number of aliphatic carboxylic acids is 1. The second-order valence-electron chi connectivity index (χ2n) is 2.88. The van der Waals surface area contributed by atoms with Gasteiger partial charge in [0.05, 0.1) is 0 Å². The van der Waals surface area contributed by atoms with E-state index in [0.717, 1.165) is 6.07 Å². The third-order valence-corrected chi connectivity index (χ3v) is 1.97. The highest BCUT2D eigenvalue weighted by Gasteiger charge is 2.24. The van der Waals surface area contributed by atoms with E-state index < -0.39 is 29.0 Å². The van der Waals surface area contributed by atoms with E-state index in [1.807, 2.05) is 0 Å². The van der Waals surface area contributed by atoms with Gasteiger partial charge in [-0.25, -0.2) is 13.6 Å². The van der Waals surface area contributed by atoms with Gasteiger partial charge in [0.2, 0.25) is 0 Å². The van der Waals surface area contributed by atoms with Gasteiger partial charge in [-0.05, 0) is 18.1 Å². The number of rotatable bonds is 3. The molecule has 0 unspecified atom stereocenters. The minimum Gasteiger partial charge on any atom is -0.475 e. The first-order chi connectivity index (χ1) is 6.99. The van der Waals surface area contributed by atoms with Crippen LogP contribution in [0.25, 0.3) is 0 Å². The summed E-state index contributed by atoms with van der Waals surface area (Å²) in [7, 11) is 0. The van der Waals surface area contributed by atoms with E-state index in [2.05, 4.69) is 0 Å². The molecule has 3 nitrogen and oxygen atoms in total. The normalized spacial score (nSPS) is 10.1. The van der Waals surface area contributed by atoms with E-state index in [1.54, 1.807) is 6.92 Å². The van der Waals surface area contributed by atoms with Crippen molar-refractivity contribution in [3.05, 3.63) is 34.9 Å². The van der Waals surface area contributed by atoms with Crippen LogP contribution in [0, 0.1) is 11.6 Å². The largest absolute Gasteiger partial charge is 0.475 e. The Morgan fingerprint density at radius 3 is 2.40 bits per heavy atom. The quantitative estimate of drug-likeness (QED) is 0.616. The summed E-state index contributed by atoms with van der Waals surface area (Å²) in [5.41, 5.74) is -0.886. The van der Waals surface area contributed by atoms with Crippen molar-refractivity contribution in [2.75, 3.05) is 0 Å². The SMILES string of the molecule is CCc1ccc(F)c(C(=O)C(=O)O)c1F. The van der Waals surface area contributed by atoms with Crippen LogP contribution in [0.15, 0.2) is 12.1 Å². The number of benzene rings is 1. The summed E-state index contributed by atoms with van der Waals surface area (Å²) in [6, 6.07) is 2.07. The number of carbonyl (C=O) groups excluding carboxylic acids is 1. The molecule has 0 aromatic heterocycles. The Kier molecular flexibility index (Phi) is 3.14. The maximum atomic E-state index is 13.4. The van der Waals surface area contributed by atoms with E-state index in [9.17, 15) is 18.4 Å². The zero-order chi connectivity index (χ0) is 11.6. The lowest BCUT2D eigenvalue weighted by atomic mass is 10.0. The number of ketones is 1. The molecule has 0 bridgehead atoms. The maximum Gasteiger partial charge on any atom is 0.377 e. The van der Waals surface area contributed by atoms with Crippen LogP contribution in [0.4, 0.5) is 8.78 Å². The Balaban J connectivity index is 3.39. The second kappa shape index (κ2) is 4.16. The molecule has 0 fully saturated rings. The van der Waals surface area contributed by atoms with Gasteiger partial charge in [0.1, 0.15) is 17.2 Å². The Bertz CT molecular complexity index is 427. The lowest BCUT2D eigenvalue weighted by molar-refractivity contribution is -0.131. The number of hydrogen-bond donors (Lipinski definition) is 1. The first-order valence-electron chi connectivity index (χ1n) is 4.23. The summed E-state index contributed by atoms with van der Waals surface area (Å²) in [4.78, 5) is 21.3. The third kappa shape index (κ3) is 2.01. The van der Waals surface area contributed by atoms with Crippen molar-refractivity contribution >= 4 is 11.8 Å². The summed E-state index contributed by atoms with van der Waals surface area (Å²) in [5.74, 6) is -5.69. The molecule has 1 rings (SSSR count). The number of carboxylic acids is 1. The standard InChI is InChI=1S/C10H8F2O3/c1-2-5-3-4-6(11)7(8(5)12)9(13)10(14)15/h3-4H,2H2,1H3,(H,14,15). The van der Waals surface area contributed by atoms with Crippen LogP contribution in [-0.2, 0) is 11.2 Å². The smallest absolute Gasteiger partial charge is 0.377 e. The van der Waals surface area contributed by atoms with Gasteiger partial charge in [-0.2, -0.15) is 0 Å². The summed E-state index contributed by atoms with van der Waals surface area (Å²) in [5, 5.41) is 8.37. The van der Waals surface area contributed by atoms with Crippen LogP contribution in [-0.4, -0.2) is 16.9 Å². The minimum atomic E-state index is -1.87. The molecule has 80 valence electrons. The van der Waals surface area contributed by atoms with Gasteiger partial charge in [0.15, 0.2) is 0 Å². The van der Waals surface area contributed by atoms with Crippen molar-refractivity contribution in [3.63, 3.8) is 0 Å². The summed E-state index contributed by atoms with van der Waals surface area (Å²) < 4.78 is 26.5. The molecule has 5 heteroatoms. The van der Waals surface area contributed by atoms with Gasteiger partial charge in [0, 0.05) is 0 Å². The average Bonchev–Trinajstić information content (AvgIpc) is 2.17. The molecule has 0 amide bonds. The molecular weight excluding hydrogens is 206 g/mol. The zero-order valence-corrected chi connectivity index (χ0v) is 7.88. The molecule has 0 heterocycles. The summed E-state index contributed by atoms with van der Waals surface area (Å²) in [6.07, 6.45) is 0.256. The molecular formula is C10H8F2O3. The Labute approximate surface area is 84.3 Å². The molecule has 0 atom stereocenters. The maximum absolute atomic E-state index is 13.4. The summed E-state index contributed by atoms with van der Waals surface area (Å²) >= 11 is 0. The molecule has 0 aliphatic heterocycles. The van der Waals surface area contributed by atoms with Crippen molar-refractivity contribution in [2.24, 2.45) is 0 Å². The fourth-order valence-corrected chi connectivity index (χ4v) is 1.18. The predicted octanol–water partition coefficient (Wildman–Crippen LogP) is 1.79. The Morgan fingerprint density at radius 2 is 1.93 bits per heavy atom. The Morgan fingerprint density at radius 1 is 1.33 bits per heavy atom. The predicted molar refractivity (Wildman–Crippen MR) is 47.7 cm³/mol. The molecule has 15 heavy (non-hydrogen) atoms. The monoisotopic (exact) mass is 214 g/mol.